The molecule has 1 N–H and O–H groups in total. The molecule has 1 aliphatic heterocycles. The molecule has 1 aromatic heterocycles. The average Bonchev–Trinajstić information content (AvgIpc) is 2.67. The fourth-order valence-electron chi connectivity index (χ4n) is 3.39. The summed E-state index contributed by atoms with van der Waals surface area (Å²) in [5.74, 6) is -0.0508. The summed E-state index contributed by atoms with van der Waals surface area (Å²) in [7, 11) is 0. The van der Waals surface area contributed by atoms with Gasteiger partial charge in [0.2, 0.25) is 0 Å². The zero-order valence-electron chi connectivity index (χ0n) is 15.1. The summed E-state index contributed by atoms with van der Waals surface area (Å²) in [6.45, 7) is 2.82. The van der Waals surface area contributed by atoms with Crippen LogP contribution in [0.1, 0.15) is 48.5 Å². The zero-order chi connectivity index (χ0) is 19.4. The monoisotopic (exact) mass is 377 g/mol. The van der Waals surface area contributed by atoms with Crippen LogP contribution in [0.2, 0.25) is 0 Å². The standard InChI is InChI=1S/C20H22F3N3O/c1-2-18-5-3-4-10-26(18)19(27)14-11-17(13-24-12-14)25-16-8-6-15(7-9-16)20(21,22)23/h6-9,11-13,18,25H,2-5,10H2,1H3. The molecule has 1 atom stereocenters. The van der Waals surface area contributed by atoms with Gasteiger partial charge in [0.25, 0.3) is 5.91 Å². The van der Waals surface area contributed by atoms with Crippen molar-refractivity contribution in [2.24, 2.45) is 0 Å². The first-order valence-corrected chi connectivity index (χ1v) is 9.09. The van der Waals surface area contributed by atoms with Crippen LogP contribution in [-0.2, 0) is 6.18 Å². The largest absolute Gasteiger partial charge is 0.416 e. The lowest BCUT2D eigenvalue weighted by Gasteiger charge is -2.35. The lowest BCUT2D eigenvalue weighted by atomic mass is 9.99. The van der Waals surface area contributed by atoms with Gasteiger partial charge in [-0.2, -0.15) is 13.2 Å². The summed E-state index contributed by atoms with van der Waals surface area (Å²) < 4.78 is 38.0. The van der Waals surface area contributed by atoms with Crippen LogP contribution in [0.3, 0.4) is 0 Å². The summed E-state index contributed by atoms with van der Waals surface area (Å²) in [4.78, 5) is 18.9. The van der Waals surface area contributed by atoms with Crippen molar-refractivity contribution in [3.05, 3.63) is 53.9 Å². The number of amides is 1. The summed E-state index contributed by atoms with van der Waals surface area (Å²) in [5.41, 5.74) is 0.836. The Labute approximate surface area is 156 Å². The van der Waals surface area contributed by atoms with E-state index in [2.05, 4.69) is 17.2 Å². The first kappa shape index (κ1) is 19.2. The Bertz CT molecular complexity index is 790. The molecule has 3 rings (SSSR count). The van der Waals surface area contributed by atoms with Gasteiger partial charge in [-0.15, -0.1) is 0 Å². The van der Waals surface area contributed by atoms with Crippen molar-refractivity contribution in [3.63, 3.8) is 0 Å². The molecule has 1 fully saturated rings. The highest BCUT2D eigenvalue weighted by molar-refractivity contribution is 5.95. The number of hydrogen-bond acceptors (Lipinski definition) is 3. The number of pyridine rings is 1. The molecule has 27 heavy (non-hydrogen) atoms. The number of hydrogen-bond donors (Lipinski definition) is 1. The van der Waals surface area contributed by atoms with Crippen LogP contribution < -0.4 is 5.32 Å². The summed E-state index contributed by atoms with van der Waals surface area (Å²) in [6.07, 6.45) is 2.78. The van der Waals surface area contributed by atoms with Crippen LogP contribution >= 0.6 is 0 Å². The molecule has 4 nitrogen and oxygen atoms in total. The second-order valence-electron chi connectivity index (χ2n) is 6.72. The Balaban J connectivity index is 1.74. The molecule has 0 saturated carbocycles. The highest BCUT2D eigenvalue weighted by atomic mass is 19.4. The Morgan fingerprint density at radius 1 is 1.19 bits per heavy atom. The van der Waals surface area contributed by atoms with Crippen LogP contribution in [-0.4, -0.2) is 28.4 Å². The van der Waals surface area contributed by atoms with Gasteiger partial charge >= 0.3 is 6.18 Å². The molecule has 2 aromatic rings. The van der Waals surface area contributed by atoms with E-state index in [4.69, 9.17) is 0 Å². The van der Waals surface area contributed by atoms with Crippen LogP contribution in [0.25, 0.3) is 0 Å². The second-order valence-corrected chi connectivity index (χ2v) is 6.72. The predicted molar refractivity (Wildman–Crippen MR) is 97.9 cm³/mol. The Hall–Kier alpha value is -2.57. The molecule has 144 valence electrons. The van der Waals surface area contributed by atoms with Crippen LogP contribution in [0, 0.1) is 0 Å². The van der Waals surface area contributed by atoms with E-state index < -0.39 is 11.7 Å². The minimum absolute atomic E-state index is 0.0508. The van der Waals surface area contributed by atoms with Crippen LogP contribution in [0.15, 0.2) is 42.7 Å². The smallest absolute Gasteiger partial charge is 0.354 e. The maximum atomic E-state index is 12.9. The Kier molecular flexibility index (Phi) is 5.68. The number of alkyl halides is 3. The van der Waals surface area contributed by atoms with Gasteiger partial charge in [0.15, 0.2) is 0 Å². The van der Waals surface area contributed by atoms with E-state index in [1.807, 2.05) is 4.90 Å². The lowest BCUT2D eigenvalue weighted by Crippen LogP contribution is -2.43. The number of rotatable bonds is 4. The third kappa shape index (κ3) is 4.59. The summed E-state index contributed by atoms with van der Waals surface area (Å²) in [6, 6.07) is 6.69. The molecular weight excluding hydrogens is 355 g/mol. The fraction of sp³-hybridized carbons (Fsp3) is 0.400. The molecular formula is C20H22F3N3O. The van der Waals surface area contributed by atoms with E-state index in [0.29, 0.717) is 16.9 Å². The predicted octanol–water partition coefficient (Wildman–Crippen LogP) is 5.25. The fourth-order valence-corrected chi connectivity index (χ4v) is 3.39. The maximum absolute atomic E-state index is 12.9. The zero-order valence-corrected chi connectivity index (χ0v) is 15.1. The third-order valence-corrected chi connectivity index (χ3v) is 4.85. The van der Waals surface area contributed by atoms with Gasteiger partial charge in [-0.05, 0) is 56.0 Å². The average molecular weight is 377 g/mol. The third-order valence-electron chi connectivity index (χ3n) is 4.85. The SMILES string of the molecule is CCC1CCCCN1C(=O)c1cncc(Nc2ccc(C(F)(F)F)cc2)c1. The minimum atomic E-state index is -4.36. The molecule has 2 heterocycles. The van der Waals surface area contributed by atoms with Gasteiger partial charge in [-0.25, -0.2) is 0 Å². The number of carbonyl (C=O) groups is 1. The summed E-state index contributed by atoms with van der Waals surface area (Å²) in [5, 5.41) is 3.01. The van der Waals surface area contributed by atoms with Crippen molar-refractivity contribution in [1.82, 2.24) is 9.88 Å². The van der Waals surface area contributed by atoms with Crippen molar-refractivity contribution in [1.29, 1.82) is 0 Å². The topological polar surface area (TPSA) is 45.2 Å². The minimum Gasteiger partial charge on any atom is -0.354 e. The molecule has 1 amide bonds. The number of aromatic nitrogens is 1. The molecule has 0 spiro atoms. The maximum Gasteiger partial charge on any atom is 0.416 e. The van der Waals surface area contributed by atoms with E-state index in [0.717, 1.165) is 44.4 Å². The number of piperidine rings is 1. The van der Waals surface area contributed by atoms with Gasteiger partial charge in [-0.3, -0.25) is 9.78 Å². The van der Waals surface area contributed by atoms with E-state index in [9.17, 15) is 18.0 Å². The van der Waals surface area contributed by atoms with Crippen molar-refractivity contribution in [2.75, 3.05) is 11.9 Å². The molecule has 1 unspecified atom stereocenters. The molecule has 0 bridgehead atoms. The number of halogens is 3. The molecule has 1 saturated heterocycles. The van der Waals surface area contributed by atoms with Crippen LogP contribution in [0.5, 0.6) is 0 Å². The Morgan fingerprint density at radius 3 is 2.59 bits per heavy atom. The number of anilines is 2. The highest BCUT2D eigenvalue weighted by Crippen LogP contribution is 2.30. The van der Waals surface area contributed by atoms with Crippen molar-refractivity contribution in [3.8, 4) is 0 Å². The van der Waals surface area contributed by atoms with Crippen molar-refractivity contribution in [2.45, 2.75) is 44.8 Å². The van der Waals surface area contributed by atoms with Crippen molar-refractivity contribution < 1.29 is 18.0 Å². The lowest BCUT2D eigenvalue weighted by molar-refractivity contribution is -0.137. The number of nitrogens with zero attached hydrogens (tertiary/aromatic N) is 2. The number of benzene rings is 1. The quantitative estimate of drug-likeness (QED) is 0.792. The van der Waals surface area contributed by atoms with Gasteiger partial charge in [0.1, 0.15) is 0 Å². The molecule has 1 aromatic carbocycles. The van der Waals surface area contributed by atoms with E-state index in [-0.39, 0.29) is 11.9 Å². The van der Waals surface area contributed by atoms with Gasteiger partial charge in [-0.1, -0.05) is 6.92 Å². The van der Waals surface area contributed by atoms with E-state index in [1.165, 1.54) is 18.3 Å². The molecule has 0 aliphatic carbocycles. The van der Waals surface area contributed by atoms with Gasteiger partial charge in [0.05, 0.1) is 23.0 Å². The van der Waals surface area contributed by atoms with Gasteiger partial charge < -0.3 is 10.2 Å². The molecule has 0 radical (unpaired) electrons. The highest BCUT2D eigenvalue weighted by Gasteiger charge is 2.30. The normalized spacial score (nSPS) is 17.6. The van der Waals surface area contributed by atoms with Crippen LogP contribution in [0.4, 0.5) is 24.5 Å². The number of carbonyl (C=O) groups excluding carboxylic acids is 1. The molecule has 1 aliphatic rings. The Morgan fingerprint density at radius 2 is 1.93 bits per heavy atom. The van der Waals surface area contributed by atoms with Gasteiger partial charge in [0, 0.05) is 24.5 Å². The first-order valence-electron chi connectivity index (χ1n) is 9.09. The number of likely N-dealkylation sites (tertiary alicyclic amines) is 1. The molecule has 7 heteroatoms. The van der Waals surface area contributed by atoms with E-state index >= 15 is 0 Å². The first-order chi connectivity index (χ1) is 12.9. The summed E-state index contributed by atoms with van der Waals surface area (Å²) >= 11 is 0. The van der Waals surface area contributed by atoms with E-state index in [1.54, 1.807) is 12.3 Å². The second kappa shape index (κ2) is 7.98. The number of nitrogens with one attached hydrogen (secondary N) is 1. The van der Waals surface area contributed by atoms with Crippen molar-refractivity contribution >= 4 is 17.3 Å².